The van der Waals surface area contributed by atoms with Crippen molar-refractivity contribution < 1.29 is 9.63 Å². The summed E-state index contributed by atoms with van der Waals surface area (Å²) >= 11 is 0. The minimum atomic E-state index is -0.835. The lowest BCUT2D eigenvalue weighted by Crippen LogP contribution is -2.58. The van der Waals surface area contributed by atoms with Gasteiger partial charge in [-0.25, -0.2) is 4.79 Å². The van der Waals surface area contributed by atoms with Crippen LogP contribution in [0.15, 0.2) is 0 Å². The molecular formula is C11H18N2O2. The maximum atomic E-state index is 11.0. The lowest BCUT2D eigenvalue weighted by atomic mass is 9.82. The maximum Gasteiger partial charge on any atom is 0.430 e. The minimum Gasteiger partial charge on any atom is -0.355 e. The van der Waals surface area contributed by atoms with Crippen molar-refractivity contribution in [2.75, 3.05) is 0 Å². The van der Waals surface area contributed by atoms with Crippen molar-refractivity contribution in [3.05, 3.63) is 0 Å². The summed E-state index contributed by atoms with van der Waals surface area (Å²) in [4.78, 5) is 16.1. The zero-order valence-electron chi connectivity index (χ0n) is 9.83. The van der Waals surface area contributed by atoms with Crippen molar-refractivity contribution in [2.45, 2.75) is 58.0 Å². The van der Waals surface area contributed by atoms with Crippen LogP contribution in [0.5, 0.6) is 0 Å². The van der Waals surface area contributed by atoms with E-state index in [1.165, 1.54) is 6.07 Å². The van der Waals surface area contributed by atoms with Crippen molar-refractivity contribution in [1.29, 1.82) is 5.26 Å². The second kappa shape index (κ2) is 3.82. The molecule has 0 spiro atoms. The normalized spacial score (nSPS) is 24.2. The third kappa shape index (κ3) is 2.48. The Hall–Kier alpha value is -1.08. The summed E-state index contributed by atoms with van der Waals surface area (Å²) < 4.78 is 0. The first kappa shape index (κ1) is 12.0. The van der Waals surface area contributed by atoms with Crippen LogP contribution < -0.4 is 0 Å². The molecular weight excluding hydrogens is 192 g/mol. The SMILES string of the molecule is CC1(C)CCCC(C)(C)N1OC(=O)C#N. The van der Waals surface area contributed by atoms with Crippen LogP contribution in [0, 0.1) is 11.3 Å². The third-order valence-corrected chi connectivity index (χ3v) is 2.94. The van der Waals surface area contributed by atoms with Gasteiger partial charge in [-0.2, -0.15) is 5.26 Å². The van der Waals surface area contributed by atoms with Gasteiger partial charge in [0.25, 0.3) is 0 Å². The number of carbonyl (C=O) groups is 1. The van der Waals surface area contributed by atoms with E-state index in [2.05, 4.69) is 0 Å². The molecule has 1 aliphatic heterocycles. The van der Waals surface area contributed by atoms with Crippen LogP contribution >= 0.6 is 0 Å². The highest BCUT2D eigenvalue weighted by Crippen LogP contribution is 2.38. The van der Waals surface area contributed by atoms with Crippen LogP contribution in [0.2, 0.25) is 0 Å². The second-order valence-electron chi connectivity index (χ2n) is 5.26. The van der Waals surface area contributed by atoms with Gasteiger partial charge in [0.2, 0.25) is 0 Å². The number of hydrogen-bond acceptors (Lipinski definition) is 4. The van der Waals surface area contributed by atoms with E-state index in [0.29, 0.717) is 0 Å². The topological polar surface area (TPSA) is 53.3 Å². The zero-order chi connectivity index (χ0) is 11.7. The van der Waals surface area contributed by atoms with Gasteiger partial charge in [0.15, 0.2) is 6.07 Å². The lowest BCUT2D eigenvalue weighted by Gasteiger charge is -2.49. The highest BCUT2D eigenvalue weighted by Gasteiger charge is 2.44. The van der Waals surface area contributed by atoms with E-state index in [9.17, 15) is 4.79 Å². The maximum absolute atomic E-state index is 11.0. The van der Waals surface area contributed by atoms with Gasteiger partial charge in [-0.05, 0) is 47.0 Å². The summed E-state index contributed by atoms with van der Waals surface area (Å²) in [5.41, 5.74) is -0.400. The second-order valence-corrected chi connectivity index (χ2v) is 5.26. The van der Waals surface area contributed by atoms with E-state index in [1.54, 1.807) is 5.06 Å². The fourth-order valence-electron chi connectivity index (χ4n) is 2.33. The summed E-state index contributed by atoms with van der Waals surface area (Å²) in [7, 11) is 0. The number of hydroxylamine groups is 2. The quantitative estimate of drug-likeness (QED) is 0.621. The predicted octanol–water partition coefficient (Wildman–Crippen LogP) is 2.01. The number of rotatable bonds is 1. The largest absolute Gasteiger partial charge is 0.430 e. The van der Waals surface area contributed by atoms with Gasteiger partial charge in [-0.3, -0.25) is 0 Å². The van der Waals surface area contributed by atoms with Gasteiger partial charge >= 0.3 is 5.97 Å². The van der Waals surface area contributed by atoms with Crippen molar-refractivity contribution in [1.82, 2.24) is 5.06 Å². The molecule has 0 saturated carbocycles. The Labute approximate surface area is 90.8 Å². The summed E-state index contributed by atoms with van der Waals surface area (Å²) in [5, 5.41) is 10.1. The van der Waals surface area contributed by atoms with Crippen molar-refractivity contribution in [3.8, 4) is 6.07 Å². The fraction of sp³-hybridized carbons (Fsp3) is 0.818. The fourth-order valence-corrected chi connectivity index (χ4v) is 2.33. The first-order chi connectivity index (χ1) is 6.79. The number of hydrogen-bond donors (Lipinski definition) is 0. The van der Waals surface area contributed by atoms with E-state index in [1.807, 2.05) is 27.7 Å². The van der Waals surface area contributed by atoms with E-state index >= 15 is 0 Å². The first-order valence-electron chi connectivity index (χ1n) is 5.22. The number of carbonyl (C=O) groups excluding carboxylic acids is 1. The van der Waals surface area contributed by atoms with Crippen LogP contribution in [0.25, 0.3) is 0 Å². The molecule has 0 aromatic carbocycles. The van der Waals surface area contributed by atoms with Crippen molar-refractivity contribution in [2.24, 2.45) is 0 Å². The zero-order valence-corrected chi connectivity index (χ0v) is 9.83. The number of piperidine rings is 1. The van der Waals surface area contributed by atoms with Crippen LogP contribution in [0.1, 0.15) is 47.0 Å². The molecule has 0 aliphatic carbocycles. The van der Waals surface area contributed by atoms with E-state index in [4.69, 9.17) is 10.1 Å². The molecule has 0 aromatic heterocycles. The van der Waals surface area contributed by atoms with Gasteiger partial charge in [0.05, 0.1) is 11.1 Å². The Balaban J connectivity index is 2.87. The van der Waals surface area contributed by atoms with Crippen LogP contribution in [-0.2, 0) is 9.63 Å². The molecule has 0 N–H and O–H groups in total. The van der Waals surface area contributed by atoms with Gasteiger partial charge in [-0.15, -0.1) is 5.06 Å². The van der Waals surface area contributed by atoms with Gasteiger partial charge in [-0.1, -0.05) is 0 Å². The van der Waals surface area contributed by atoms with Gasteiger partial charge in [0, 0.05) is 0 Å². The summed E-state index contributed by atoms with van der Waals surface area (Å²) in [6.07, 6.45) is 3.05. The number of nitriles is 1. The molecule has 0 atom stereocenters. The summed E-state index contributed by atoms with van der Waals surface area (Å²) in [5.74, 6) is -0.835. The molecule has 1 saturated heterocycles. The molecule has 0 amide bonds. The van der Waals surface area contributed by atoms with E-state index in [0.717, 1.165) is 19.3 Å². The molecule has 1 heterocycles. The van der Waals surface area contributed by atoms with Gasteiger partial charge in [0.1, 0.15) is 0 Å². The Morgan fingerprint density at radius 3 is 2.13 bits per heavy atom. The van der Waals surface area contributed by atoms with Gasteiger partial charge < -0.3 is 4.84 Å². The predicted molar refractivity (Wildman–Crippen MR) is 55.6 cm³/mol. The Morgan fingerprint density at radius 2 is 1.73 bits per heavy atom. The molecule has 0 aromatic rings. The summed E-state index contributed by atoms with van der Waals surface area (Å²) in [6, 6.07) is 1.48. The number of nitrogens with zero attached hydrogens (tertiary/aromatic N) is 2. The average Bonchev–Trinajstić information content (AvgIpc) is 2.10. The smallest absolute Gasteiger partial charge is 0.355 e. The van der Waals surface area contributed by atoms with Crippen LogP contribution in [0.4, 0.5) is 0 Å². The highest BCUT2D eigenvalue weighted by molar-refractivity contribution is 5.85. The third-order valence-electron chi connectivity index (χ3n) is 2.94. The molecule has 1 rings (SSSR count). The lowest BCUT2D eigenvalue weighted by molar-refractivity contribution is -0.260. The van der Waals surface area contributed by atoms with Crippen molar-refractivity contribution >= 4 is 5.97 Å². The monoisotopic (exact) mass is 210 g/mol. The molecule has 0 bridgehead atoms. The van der Waals surface area contributed by atoms with Crippen LogP contribution in [-0.4, -0.2) is 22.1 Å². The summed E-state index contributed by atoms with van der Waals surface area (Å²) in [6.45, 7) is 8.11. The van der Waals surface area contributed by atoms with E-state index < -0.39 is 5.97 Å². The molecule has 1 fully saturated rings. The Morgan fingerprint density at radius 1 is 1.27 bits per heavy atom. The molecule has 4 nitrogen and oxygen atoms in total. The first-order valence-corrected chi connectivity index (χ1v) is 5.22. The standard InChI is InChI=1S/C11H18N2O2/c1-10(2)6-5-7-11(3,4)13(10)15-9(14)8-12/h5-7H2,1-4H3. The van der Waals surface area contributed by atoms with E-state index in [-0.39, 0.29) is 11.1 Å². The highest BCUT2D eigenvalue weighted by atomic mass is 16.7. The molecule has 1 aliphatic rings. The Kier molecular flexibility index (Phi) is 3.05. The van der Waals surface area contributed by atoms with Crippen molar-refractivity contribution in [3.63, 3.8) is 0 Å². The molecule has 0 unspecified atom stereocenters. The minimum absolute atomic E-state index is 0.200. The molecule has 15 heavy (non-hydrogen) atoms. The molecule has 0 radical (unpaired) electrons. The molecule has 84 valence electrons. The molecule has 4 heteroatoms. The van der Waals surface area contributed by atoms with Crippen LogP contribution in [0.3, 0.4) is 0 Å². The average molecular weight is 210 g/mol. The Bertz CT molecular complexity index is 286.